The van der Waals surface area contributed by atoms with Crippen molar-refractivity contribution in [2.24, 2.45) is 0 Å². The Kier molecular flexibility index (Phi) is 5.43. The summed E-state index contributed by atoms with van der Waals surface area (Å²) in [4.78, 5) is 16.5. The summed E-state index contributed by atoms with van der Waals surface area (Å²) in [6.07, 6.45) is 3.06. The van der Waals surface area contributed by atoms with Crippen molar-refractivity contribution in [1.29, 1.82) is 0 Å². The Morgan fingerprint density at radius 3 is 2.73 bits per heavy atom. The van der Waals surface area contributed by atoms with Crippen molar-refractivity contribution in [3.05, 3.63) is 83.9 Å². The van der Waals surface area contributed by atoms with Crippen LogP contribution >= 0.6 is 0 Å². The van der Waals surface area contributed by atoms with E-state index in [0.29, 0.717) is 34.8 Å². The molecule has 5 nitrogen and oxygen atoms in total. The van der Waals surface area contributed by atoms with E-state index in [-0.39, 0.29) is 11.7 Å². The smallest absolute Gasteiger partial charge is 0.257 e. The zero-order chi connectivity index (χ0) is 18.4. The zero-order valence-corrected chi connectivity index (χ0v) is 14.2. The summed E-state index contributed by atoms with van der Waals surface area (Å²) >= 11 is 0. The van der Waals surface area contributed by atoms with E-state index in [9.17, 15) is 9.18 Å². The Bertz CT molecular complexity index is 915. The highest BCUT2D eigenvalue weighted by Crippen LogP contribution is 2.18. The highest BCUT2D eigenvalue weighted by atomic mass is 19.1. The minimum Gasteiger partial charge on any atom is -0.497 e. The van der Waals surface area contributed by atoms with E-state index < -0.39 is 0 Å². The molecular formula is C20H18FN3O2. The van der Waals surface area contributed by atoms with Gasteiger partial charge in [-0.1, -0.05) is 24.3 Å². The molecule has 0 saturated carbocycles. The van der Waals surface area contributed by atoms with Gasteiger partial charge in [-0.3, -0.25) is 9.78 Å². The van der Waals surface area contributed by atoms with E-state index >= 15 is 0 Å². The van der Waals surface area contributed by atoms with E-state index in [1.54, 1.807) is 61.8 Å². The Labute approximate surface area is 150 Å². The van der Waals surface area contributed by atoms with Crippen molar-refractivity contribution in [3.63, 3.8) is 0 Å². The molecule has 0 aliphatic heterocycles. The van der Waals surface area contributed by atoms with Crippen molar-refractivity contribution in [3.8, 4) is 5.75 Å². The van der Waals surface area contributed by atoms with Crippen molar-refractivity contribution < 1.29 is 13.9 Å². The molecule has 3 aromatic rings. The van der Waals surface area contributed by atoms with Gasteiger partial charge in [-0.2, -0.15) is 0 Å². The first-order chi connectivity index (χ1) is 12.7. The number of anilines is 2. The third-order valence-corrected chi connectivity index (χ3v) is 3.77. The first-order valence-corrected chi connectivity index (χ1v) is 8.03. The molecule has 3 rings (SSSR count). The van der Waals surface area contributed by atoms with Crippen LogP contribution in [0.3, 0.4) is 0 Å². The second-order valence-corrected chi connectivity index (χ2v) is 5.59. The predicted octanol–water partition coefficient (Wildman–Crippen LogP) is 4.09. The van der Waals surface area contributed by atoms with Gasteiger partial charge in [0.15, 0.2) is 0 Å². The van der Waals surface area contributed by atoms with Crippen LogP contribution in [0.4, 0.5) is 15.8 Å². The molecule has 2 N–H and O–H groups in total. The van der Waals surface area contributed by atoms with Crippen LogP contribution in [-0.4, -0.2) is 18.0 Å². The van der Waals surface area contributed by atoms with Gasteiger partial charge >= 0.3 is 0 Å². The Balaban J connectivity index is 1.68. The summed E-state index contributed by atoms with van der Waals surface area (Å²) in [5, 5.41) is 5.87. The van der Waals surface area contributed by atoms with Crippen LogP contribution in [0.5, 0.6) is 5.75 Å². The molecule has 1 aromatic heterocycles. The number of carbonyl (C=O) groups excluding carboxylic acids is 1. The summed E-state index contributed by atoms with van der Waals surface area (Å²) in [5.41, 5.74) is 2.19. The molecule has 1 heterocycles. The summed E-state index contributed by atoms with van der Waals surface area (Å²) in [6, 6.07) is 15.3. The Morgan fingerprint density at radius 2 is 1.92 bits per heavy atom. The molecular weight excluding hydrogens is 333 g/mol. The van der Waals surface area contributed by atoms with Crippen LogP contribution in [0.1, 0.15) is 15.9 Å². The maximum Gasteiger partial charge on any atom is 0.257 e. The summed E-state index contributed by atoms with van der Waals surface area (Å²) in [6.45, 7) is 0.301. The van der Waals surface area contributed by atoms with Gasteiger partial charge in [-0.25, -0.2) is 4.39 Å². The first-order valence-electron chi connectivity index (χ1n) is 8.03. The molecule has 0 spiro atoms. The molecule has 1 amide bonds. The van der Waals surface area contributed by atoms with Crippen LogP contribution in [0, 0.1) is 5.82 Å². The quantitative estimate of drug-likeness (QED) is 0.702. The SMILES string of the molecule is COc1cccc(NC(=O)c2cncc(NCc3ccccc3F)c2)c1. The zero-order valence-electron chi connectivity index (χ0n) is 14.2. The van der Waals surface area contributed by atoms with E-state index in [4.69, 9.17) is 4.74 Å². The van der Waals surface area contributed by atoms with Crippen LogP contribution in [0.15, 0.2) is 67.0 Å². The van der Waals surface area contributed by atoms with Gasteiger partial charge < -0.3 is 15.4 Å². The maximum atomic E-state index is 13.7. The third kappa shape index (κ3) is 4.36. The molecule has 0 aliphatic rings. The number of hydrogen-bond acceptors (Lipinski definition) is 4. The Hall–Kier alpha value is -3.41. The standard InChI is InChI=1S/C20H18FN3O2/c1-26-18-7-4-6-16(10-18)24-20(25)15-9-17(13-22-11-15)23-12-14-5-2-3-8-19(14)21/h2-11,13,23H,12H2,1H3,(H,24,25). The number of methoxy groups -OCH3 is 1. The lowest BCUT2D eigenvalue weighted by Crippen LogP contribution is -2.13. The molecule has 0 bridgehead atoms. The normalized spacial score (nSPS) is 10.2. The molecule has 132 valence electrons. The number of pyridine rings is 1. The lowest BCUT2D eigenvalue weighted by molar-refractivity contribution is 0.102. The predicted molar refractivity (Wildman–Crippen MR) is 98.9 cm³/mol. The number of nitrogens with zero attached hydrogens (tertiary/aromatic N) is 1. The minimum absolute atomic E-state index is 0.278. The number of amides is 1. The lowest BCUT2D eigenvalue weighted by Gasteiger charge is -2.10. The number of hydrogen-bond donors (Lipinski definition) is 2. The second-order valence-electron chi connectivity index (χ2n) is 5.59. The fraction of sp³-hybridized carbons (Fsp3) is 0.100. The molecule has 0 atom stereocenters. The molecule has 0 fully saturated rings. The second kappa shape index (κ2) is 8.11. The molecule has 0 unspecified atom stereocenters. The summed E-state index contributed by atoms with van der Waals surface area (Å²) in [5.74, 6) is 0.0846. The van der Waals surface area contributed by atoms with Crippen molar-refractivity contribution in [1.82, 2.24) is 4.98 Å². The van der Waals surface area contributed by atoms with Gasteiger partial charge in [0, 0.05) is 36.3 Å². The molecule has 0 saturated heterocycles. The topological polar surface area (TPSA) is 63.2 Å². The van der Waals surface area contributed by atoms with Crippen LogP contribution in [-0.2, 0) is 6.54 Å². The molecule has 26 heavy (non-hydrogen) atoms. The van der Waals surface area contributed by atoms with E-state index in [1.165, 1.54) is 12.3 Å². The number of benzene rings is 2. The third-order valence-electron chi connectivity index (χ3n) is 3.77. The number of aromatic nitrogens is 1. The average molecular weight is 351 g/mol. The molecule has 2 aromatic carbocycles. The average Bonchev–Trinajstić information content (AvgIpc) is 2.68. The summed E-state index contributed by atoms with van der Waals surface area (Å²) in [7, 11) is 1.57. The van der Waals surface area contributed by atoms with Crippen molar-refractivity contribution >= 4 is 17.3 Å². The number of carbonyl (C=O) groups is 1. The van der Waals surface area contributed by atoms with Gasteiger partial charge in [0.05, 0.1) is 18.4 Å². The number of nitrogens with one attached hydrogen (secondary N) is 2. The molecule has 0 radical (unpaired) electrons. The van der Waals surface area contributed by atoms with Gasteiger partial charge in [-0.15, -0.1) is 0 Å². The van der Waals surface area contributed by atoms with Crippen molar-refractivity contribution in [2.75, 3.05) is 17.7 Å². The molecule has 6 heteroatoms. The van der Waals surface area contributed by atoms with Gasteiger partial charge in [0.25, 0.3) is 5.91 Å². The first kappa shape index (κ1) is 17.4. The van der Waals surface area contributed by atoms with Crippen molar-refractivity contribution in [2.45, 2.75) is 6.54 Å². The van der Waals surface area contributed by atoms with Crippen LogP contribution < -0.4 is 15.4 Å². The highest BCUT2D eigenvalue weighted by molar-refractivity contribution is 6.04. The van der Waals surface area contributed by atoms with Gasteiger partial charge in [0.1, 0.15) is 11.6 Å². The lowest BCUT2D eigenvalue weighted by atomic mass is 10.2. The van der Waals surface area contributed by atoms with Gasteiger partial charge in [-0.05, 0) is 24.3 Å². The largest absolute Gasteiger partial charge is 0.497 e. The monoisotopic (exact) mass is 351 g/mol. The van der Waals surface area contributed by atoms with Crippen LogP contribution in [0.2, 0.25) is 0 Å². The van der Waals surface area contributed by atoms with E-state index in [2.05, 4.69) is 15.6 Å². The summed E-state index contributed by atoms with van der Waals surface area (Å²) < 4.78 is 18.8. The fourth-order valence-electron chi connectivity index (χ4n) is 2.40. The van der Waals surface area contributed by atoms with Crippen LogP contribution in [0.25, 0.3) is 0 Å². The minimum atomic E-state index is -0.291. The molecule has 0 aliphatic carbocycles. The highest BCUT2D eigenvalue weighted by Gasteiger charge is 2.09. The number of rotatable bonds is 6. The Morgan fingerprint density at radius 1 is 1.08 bits per heavy atom. The number of halogens is 1. The van der Waals surface area contributed by atoms with Gasteiger partial charge in [0.2, 0.25) is 0 Å². The number of ether oxygens (including phenoxy) is 1. The maximum absolute atomic E-state index is 13.7. The van der Waals surface area contributed by atoms with E-state index in [0.717, 1.165) is 0 Å². The van der Waals surface area contributed by atoms with E-state index in [1.807, 2.05) is 0 Å². The fourth-order valence-corrected chi connectivity index (χ4v) is 2.40.